The number of phenols is 1. The van der Waals surface area contributed by atoms with E-state index in [-0.39, 0.29) is 6.61 Å². The molecule has 0 radical (unpaired) electrons. The molecule has 0 aromatic heterocycles. The molecule has 0 spiro atoms. The van der Waals surface area contributed by atoms with Crippen LogP contribution >= 0.6 is 0 Å². The lowest BCUT2D eigenvalue weighted by Gasteiger charge is -2.14. The molecule has 1 aromatic rings. The highest BCUT2D eigenvalue weighted by Crippen LogP contribution is 2.36. The predicted octanol–water partition coefficient (Wildman–Crippen LogP) is 2.39. The molecule has 0 saturated carbocycles. The van der Waals surface area contributed by atoms with Crippen molar-refractivity contribution in [1.29, 1.82) is 5.26 Å². The molecule has 0 heterocycles. The quantitative estimate of drug-likeness (QED) is 0.858. The topological polar surface area (TPSA) is 70.3 Å². The maximum atomic E-state index is 12.8. The average molecular weight is 273 g/mol. The summed E-state index contributed by atoms with van der Waals surface area (Å²) in [6, 6.07) is 2.87. The highest BCUT2D eigenvalue weighted by Gasteiger charge is 2.35. The summed E-state index contributed by atoms with van der Waals surface area (Å²) in [6.45, 7) is 1.52. The van der Waals surface area contributed by atoms with Gasteiger partial charge in [-0.3, -0.25) is 4.79 Å². The van der Waals surface area contributed by atoms with E-state index in [9.17, 15) is 23.1 Å². The minimum absolute atomic E-state index is 0.0148. The van der Waals surface area contributed by atoms with Gasteiger partial charge in [-0.1, -0.05) is 0 Å². The smallest absolute Gasteiger partial charge is 0.416 e. The number of rotatable bonds is 3. The summed E-state index contributed by atoms with van der Waals surface area (Å²) in [5.74, 6) is -1.50. The highest BCUT2D eigenvalue weighted by molar-refractivity contribution is 5.75. The number of alkyl halides is 3. The lowest BCUT2D eigenvalue weighted by Crippen LogP contribution is -2.16. The first-order valence-electron chi connectivity index (χ1n) is 5.29. The van der Waals surface area contributed by atoms with Gasteiger partial charge in [0.15, 0.2) is 0 Å². The first-order chi connectivity index (χ1) is 8.81. The molecule has 19 heavy (non-hydrogen) atoms. The van der Waals surface area contributed by atoms with Gasteiger partial charge >= 0.3 is 12.1 Å². The van der Waals surface area contributed by atoms with Crippen LogP contribution in [0.4, 0.5) is 13.2 Å². The van der Waals surface area contributed by atoms with E-state index in [1.54, 1.807) is 0 Å². The number of aromatic hydroxyl groups is 1. The number of nitrogens with zero attached hydrogens (tertiary/aromatic N) is 1. The molecule has 4 nitrogen and oxygen atoms in total. The predicted molar refractivity (Wildman–Crippen MR) is 58.2 cm³/mol. The molecule has 7 heteroatoms. The molecule has 0 saturated heterocycles. The van der Waals surface area contributed by atoms with Crippen LogP contribution in [-0.2, 0) is 22.1 Å². The van der Waals surface area contributed by atoms with Crippen LogP contribution in [-0.4, -0.2) is 17.7 Å². The van der Waals surface area contributed by atoms with Crippen LogP contribution in [0.3, 0.4) is 0 Å². The zero-order chi connectivity index (χ0) is 14.6. The SMILES string of the molecule is CCOC(=O)Cc1c(C(F)(F)F)ccc(O)c1C#N. The van der Waals surface area contributed by atoms with E-state index >= 15 is 0 Å². The lowest BCUT2D eigenvalue weighted by molar-refractivity contribution is -0.143. The number of carbonyl (C=O) groups is 1. The third-order valence-electron chi connectivity index (χ3n) is 2.33. The largest absolute Gasteiger partial charge is 0.507 e. The third-order valence-corrected chi connectivity index (χ3v) is 2.33. The number of halogens is 3. The zero-order valence-corrected chi connectivity index (χ0v) is 9.91. The molecule has 0 aliphatic carbocycles. The van der Waals surface area contributed by atoms with Crippen molar-refractivity contribution in [1.82, 2.24) is 0 Å². The van der Waals surface area contributed by atoms with Crippen LogP contribution in [0.1, 0.15) is 23.6 Å². The van der Waals surface area contributed by atoms with E-state index in [4.69, 9.17) is 5.26 Å². The second-order valence-corrected chi connectivity index (χ2v) is 3.58. The van der Waals surface area contributed by atoms with Gasteiger partial charge < -0.3 is 9.84 Å². The average Bonchev–Trinajstić information content (AvgIpc) is 2.28. The molecule has 0 fully saturated rings. The van der Waals surface area contributed by atoms with Crippen molar-refractivity contribution >= 4 is 5.97 Å². The number of esters is 1. The molecule has 0 aliphatic heterocycles. The van der Waals surface area contributed by atoms with Gasteiger partial charge in [-0.25, -0.2) is 0 Å². The van der Waals surface area contributed by atoms with Crippen LogP contribution in [0.25, 0.3) is 0 Å². The third kappa shape index (κ3) is 3.37. The molecule has 1 rings (SSSR count). The van der Waals surface area contributed by atoms with Crippen molar-refractivity contribution < 1.29 is 27.8 Å². The van der Waals surface area contributed by atoms with Gasteiger partial charge in [-0.15, -0.1) is 0 Å². The second-order valence-electron chi connectivity index (χ2n) is 3.58. The Bertz CT molecular complexity index is 532. The Labute approximate surface area is 107 Å². The first-order valence-corrected chi connectivity index (χ1v) is 5.29. The minimum Gasteiger partial charge on any atom is -0.507 e. The molecular formula is C12H10F3NO3. The van der Waals surface area contributed by atoms with Crippen LogP contribution in [0, 0.1) is 11.3 Å². The van der Waals surface area contributed by atoms with E-state index in [2.05, 4.69) is 4.74 Å². The Hall–Kier alpha value is -2.23. The summed E-state index contributed by atoms with van der Waals surface area (Å²) < 4.78 is 42.9. The molecule has 102 valence electrons. The number of nitriles is 1. The maximum absolute atomic E-state index is 12.8. The first kappa shape index (κ1) is 14.8. The Balaban J connectivity index is 3.35. The van der Waals surface area contributed by atoms with Crippen LogP contribution in [0.15, 0.2) is 12.1 Å². The van der Waals surface area contributed by atoms with Gasteiger partial charge in [0.1, 0.15) is 11.8 Å². The molecular weight excluding hydrogens is 263 g/mol. The Morgan fingerprint density at radius 2 is 2.11 bits per heavy atom. The molecule has 0 atom stereocenters. The summed E-state index contributed by atoms with van der Waals surface area (Å²) >= 11 is 0. The normalized spacial score (nSPS) is 10.9. The Kier molecular flexibility index (Phi) is 4.38. The van der Waals surface area contributed by atoms with Crippen molar-refractivity contribution in [2.24, 2.45) is 0 Å². The van der Waals surface area contributed by atoms with Crippen molar-refractivity contribution in [2.45, 2.75) is 19.5 Å². The number of phenolic OH excluding ortho intramolecular Hbond substituents is 1. The van der Waals surface area contributed by atoms with Gasteiger partial charge in [-0.05, 0) is 24.6 Å². The number of hydrogen-bond donors (Lipinski definition) is 1. The van der Waals surface area contributed by atoms with Crippen molar-refractivity contribution in [3.8, 4) is 11.8 Å². The van der Waals surface area contributed by atoms with Gasteiger partial charge in [0.25, 0.3) is 0 Å². The van der Waals surface area contributed by atoms with E-state index in [1.807, 2.05) is 0 Å². The summed E-state index contributed by atoms with van der Waals surface area (Å²) in [7, 11) is 0. The standard InChI is InChI=1S/C12H10F3NO3/c1-2-19-11(18)5-7-8(6-16)10(17)4-3-9(7)12(13,14)15/h3-4,17H,2,5H2,1H3. The van der Waals surface area contributed by atoms with Gasteiger partial charge in [0, 0.05) is 0 Å². The summed E-state index contributed by atoms with van der Waals surface area (Å²) in [5.41, 5.74) is -2.27. The van der Waals surface area contributed by atoms with Crippen molar-refractivity contribution in [3.63, 3.8) is 0 Å². The minimum atomic E-state index is -4.72. The number of hydrogen-bond acceptors (Lipinski definition) is 4. The lowest BCUT2D eigenvalue weighted by atomic mass is 9.97. The summed E-state index contributed by atoms with van der Waals surface area (Å²) in [4.78, 5) is 11.3. The van der Waals surface area contributed by atoms with Gasteiger partial charge in [-0.2, -0.15) is 18.4 Å². The van der Waals surface area contributed by atoms with Gasteiger partial charge in [0.2, 0.25) is 0 Å². The number of ether oxygens (including phenoxy) is 1. The van der Waals surface area contributed by atoms with Crippen molar-refractivity contribution in [2.75, 3.05) is 6.61 Å². The second kappa shape index (κ2) is 5.61. The summed E-state index contributed by atoms with van der Waals surface area (Å²) in [6.07, 6.45) is -5.44. The fourth-order valence-electron chi connectivity index (χ4n) is 1.57. The van der Waals surface area contributed by atoms with Crippen molar-refractivity contribution in [3.05, 3.63) is 28.8 Å². The zero-order valence-electron chi connectivity index (χ0n) is 9.91. The highest BCUT2D eigenvalue weighted by atomic mass is 19.4. The number of carbonyl (C=O) groups excluding carboxylic acids is 1. The molecule has 0 amide bonds. The van der Waals surface area contributed by atoms with E-state index in [0.29, 0.717) is 6.07 Å². The monoisotopic (exact) mass is 273 g/mol. The molecule has 0 aliphatic rings. The Morgan fingerprint density at radius 1 is 1.47 bits per heavy atom. The van der Waals surface area contributed by atoms with E-state index < -0.39 is 41.0 Å². The fraction of sp³-hybridized carbons (Fsp3) is 0.333. The van der Waals surface area contributed by atoms with E-state index in [0.717, 1.165) is 6.07 Å². The van der Waals surface area contributed by atoms with Gasteiger partial charge in [0.05, 0.1) is 24.2 Å². The van der Waals surface area contributed by atoms with Crippen LogP contribution in [0.5, 0.6) is 5.75 Å². The maximum Gasteiger partial charge on any atom is 0.416 e. The van der Waals surface area contributed by atoms with Crippen LogP contribution < -0.4 is 0 Å². The van der Waals surface area contributed by atoms with E-state index in [1.165, 1.54) is 13.0 Å². The number of benzene rings is 1. The molecule has 0 bridgehead atoms. The molecule has 0 unspecified atom stereocenters. The Morgan fingerprint density at radius 3 is 2.58 bits per heavy atom. The summed E-state index contributed by atoms with van der Waals surface area (Å²) in [5, 5.41) is 18.2. The van der Waals surface area contributed by atoms with Crippen LogP contribution in [0.2, 0.25) is 0 Å². The fourth-order valence-corrected chi connectivity index (χ4v) is 1.57. The molecule has 1 N–H and O–H groups in total. The molecule has 1 aromatic carbocycles.